The zero-order chi connectivity index (χ0) is 24.1. The molecule has 33 heavy (non-hydrogen) atoms. The molecular formula is C25H23F3O5. The van der Waals surface area contributed by atoms with E-state index < -0.39 is 29.4 Å². The predicted molar refractivity (Wildman–Crippen MR) is 114 cm³/mol. The van der Waals surface area contributed by atoms with Crippen LogP contribution in [-0.4, -0.2) is 25.3 Å². The molecule has 0 heterocycles. The zero-order valence-corrected chi connectivity index (χ0v) is 18.0. The van der Waals surface area contributed by atoms with E-state index >= 15 is 0 Å². The van der Waals surface area contributed by atoms with Gasteiger partial charge in [-0.1, -0.05) is 54.6 Å². The number of ether oxygens (including phenoxy) is 3. The molecule has 3 aromatic carbocycles. The van der Waals surface area contributed by atoms with E-state index in [0.29, 0.717) is 11.3 Å². The normalized spacial score (nSPS) is 14.2. The first kappa shape index (κ1) is 24.3. The summed E-state index contributed by atoms with van der Waals surface area (Å²) in [6.45, 7) is -0.0916. The molecule has 5 nitrogen and oxygen atoms in total. The number of hydrogen-bond donors (Lipinski definition) is 1. The van der Waals surface area contributed by atoms with E-state index in [-0.39, 0.29) is 17.7 Å². The average Bonchev–Trinajstić information content (AvgIpc) is 2.84. The number of carbonyl (C=O) groups excluding carboxylic acids is 1. The molecule has 1 N–H and O–H groups in total. The van der Waals surface area contributed by atoms with Crippen molar-refractivity contribution in [2.75, 3.05) is 14.2 Å². The molecule has 2 atom stereocenters. The van der Waals surface area contributed by atoms with Crippen LogP contribution in [0.25, 0.3) is 0 Å². The Kier molecular flexibility index (Phi) is 7.40. The number of halogens is 3. The second-order valence-corrected chi connectivity index (χ2v) is 7.25. The monoisotopic (exact) mass is 460 g/mol. The number of aliphatic hydroxyl groups is 1. The Hall–Kier alpha value is -3.36. The maximum absolute atomic E-state index is 13.1. The number of hydrogen-bond acceptors (Lipinski definition) is 5. The summed E-state index contributed by atoms with van der Waals surface area (Å²) in [6, 6.07) is 19.0. The largest absolute Gasteiger partial charge is 0.497 e. The lowest BCUT2D eigenvalue weighted by Crippen LogP contribution is -2.45. The molecular weight excluding hydrogens is 437 g/mol. The molecule has 3 aromatic rings. The maximum atomic E-state index is 13.1. The Morgan fingerprint density at radius 2 is 1.48 bits per heavy atom. The van der Waals surface area contributed by atoms with Crippen LogP contribution in [0, 0.1) is 0 Å². The molecule has 0 saturated carbocycles. The molecule has 0 unspecified atom stereocenters. The van der Waals surface area contributed by atoms with Crippen molar-refractivity contribution in [3.8, 4) is 5.75 Å². The first-order valence-electron chi connectivity index (χ1n) is 9.98. The van der Waals surface area contributed by atoms with Gasteiger partial charge in [0, 0.05) is 0 Å². The second-order valence-electron chi connectivity index (χ2n) is 7.25. The third-order valence-electron chi connectivity index (χ3n) is 5.26. The van der Waals surface area contributed by atoms with Gasteiger partial charge in [0.25, 0.3) is 0 Å². The van der Waals surface area contributed by atoms with Crippen molar-refractivity contribution in [1.82, 2.24) is 0 Å². The minimum atomic E-state index is -4.53. The van der Waals surface area contributed by atoms with Crippen LogP contribution in [0.5, 0.6) is 5.75 Å². The van der Waals surface area contributed by atoms with E-state index in [0.717, 1.165) is 31.4 Å². The highest BCUT2D eigenvalue weighted by atomic mass is 19.4. The maximum Gasteiger partial charge on any atom is 0.416 e. The van der Waals surface area contributed by atoms with E-state index in [4.69, 9.17) is 14.2 Å². The van der Waals surface area contributed by atoms with Gasteiger partial charge in [-0.25, -0.2) is 4.79 Å². The van der Waals surface area contributed by atoms with Gasteiger partial charge in [0.2, 0.25) is 5.60 Å². The van der Waals surface area contributed by atoms with E-state index in [1.54, 1.807) is 54.6 Å². The summed E-state index contributed by atoms with van der Waals surface area (Å²) in [5.74, 6) is -0.263. The fourth-order valence-corrected chi connectivity index (χ4v) is 3.45. The first-order valence-corrected chi connectivity index (χ1v) is 9.98. The van der Waals surface area contributed by atoms with Crippen molar-refractivity contribution in [1.29, 1.82) is 0 Å². The number of rotatable bonds is 8. The van der Waals surface area contributed by atoms with Crippen molar-refractivity contribution in [3.05, 3.63) is 101 Å². The number of alkyl halides is 3. The molecule has 0 fully saturated rings. The zero-order valence-electron chi connectivity index (χ0n) is 18.0. The van der Waals surface area contributed by atoms with Gasteiger partial charge >= 0.3 is 12.1 Å². The number of aliphatic hydroxyl groups excluding tert-OH is 1. The van der Waals surface area contributed by atoms with E-state index in [9.17, 15) is 23.1 Å². The summed E-state index contributed by atoms with van der Waals surface area (Å²) >= 11 is 0. The van der Waals surface area contributed by atoms with E-state index in [1.807, 2.05) is 0 Å². The number of benzene rings is 3. The van der Waals surface area contributed by atoms with Gasteiger partial charge in [-0.05, 0) is 41.0 Å². The third kappa shape index (κ3) is 5.18. The van der Waals surface area contributed by atoms with E-state index in [1.165, 1.54) is 7.11 Å². The molecule has 0 saturated heterocycles. The summed E-state index contributed by atoms with van der Waals surface area (Å²) in [7, 11) is 2.68. The van der Waals surface area contributed by atoms with Gasteiger partial charge < -0.3 is 19.3 Å². The summed E-state index contributed by atoms with van der Waals surface area (Å²) in [5, 5.41) is 11.3. The Labute approximate surface area is 189 Å². The van der Waals surface area contributed by atoms with Crippen LogP contribution in [0.4, 0.5) is 13.2 Å². The van der Waals surface area contributed by atoms with Crippen LogP contribution in [0.2, 0.25) is 0 Å². The van der Waals surface area contributed by atoms with Crippen molar-refractivity contribution in [2.24, 2.45) is 0 Å². The van der Waals surface area contributed by atoms with Crippen molar-refractivity contribution in [3.63, 3.8) is 0 Å². The molecule has 0 aliphatic heterocycles. The Balaban J connectivity index is 2.05. The molecule has 3 rings (SSSR count). The molecule has 0 spiro atoms. The second kappa shape index (κ2) is 10.1. The number of esters is 1. The Bertz CT molecular complexity index is 1050. The quantitative estimate of drug-likeness (QED) is 0.478. The molecule has 174 valence electrons. The molecule has 0 amide bonds. The van der Waals surface area contributed by atoms with Crippen molar-refractivity contribution < 1.29 is 37.3 Å². The van der Waals surface area contributed by atoms with E-state index in [2.05, 4.69) is 0 Å². The smallest absolute Gasteiger partial charge is 0.416 e. The van der Waals surface area contributed by atoms with Crippen LogP contribution >= 0.6 is 0 Å². The standard InChI is InChI=1S/C25H23F3O5/c1-31-21-14-8-17(9-15-21)16-33-24(23(30)32-2,19-6-4-3-5-7-19)22(29)18-10-12-20(13-11-18)25(26,27)28/h3-15,22,29H,16H2,1-2H3/t22-,24+/m1/s1. The van der Waals surface area contributed by atoms with Crippen molar-refractivity contribution in [2.45, 2.75) is 24.5 Å². The fraction of sp³-hybridized carbons (Fsp3) is 0.240. The SMILES string of the molecule is COC(=O)[C@](OCc1ccc(OC)cc1)(c1ccccc1)[C@H](O)c1ccc(C(F)(F)F)cc1. The van der Waals surface area contributed by atoms with Gasteiger partial charge in [0.15, 0.2) is 0 Å². The fourth-order valence-electron chi connectivity index (χ4n) is 3.45. The van der Waals surface area contributed by atoms with Crippen LogP contribution < -0.4 is 4.74 Å². The molecule has 8 heteroatoms. The number of carbonyl (C=O) groups is 1. The molecule has 0 aliphatic rings. The first-order chi connectivity index (χ1) is 15.7. The summed E-state index contributed by atoms with van der Waals surface area (Å²) in [6.07, 6.45) is -6.19. The van der Waals surface area contributed by atoms with Gasteiger partial charge in [-0.15, -0.1) is 0 Å². The summed E-state index contributed by atoms with van der Waals surface area (Å²) in [5.41, 5.74) is -1.87. The van der Waals surface area contributed by atoms with Crippen LogP contribution in [0.1, 0.15) is 28.4 Å². The van der Waals surface area contributed by atoms with Crippen LogP contribution in [0.15, 0.2) is 78.9 Å². The highest BCUT2D eigenvalue weighted by molar-refractivity contribution is 5.82. The summed E-state index contributed by atoms with van der Waals surface area (Å²) in [4.78, 5) is 13.1. The molecule has 0 aromatic heterocycles. The highest BCUT2D eigenvalue weighted by Gasteiger charge is 2.50. The van der Waals surface area contributed by atoms with Crippen LogP contribution in [0.3, 0.4) is 0 Å². The lowest BCUT2D eigenvalue weighted by atomic mass is 9.83. The van der Waals surface area contributed by atoms with Gasteiger partial charge in [0.05, 0.1) is 26.4 Å². The van der Waals surface area contributed by atoms with Gasteiger partial charge in [-0.2, -0.15) is 13.2 Å². The van der Waals surface area contributed by atoms with Gasteiger partial charge in [0.1, 0.15) is 11.9 Å². The van der Waals surface area contributed by atoms with Crippen LogP contribution in [-0.2, 0) is 32.7 Å². The molecule has 0 aliphatic carbocycles. The summed E-state index contributed by atoms with van der Waals surface area (Å²) < 4.78 is 55.2. The highest BCUT2D eigenvalue weighted by Crippen LogP contribution is 2.41. The minimum absolute atomic E-state index is 0.0620. The lowest BCUT2D eigenvalue weighted by molar-refractivity contribution is -0.194. The molecule has 0 radical (unpaired) electrons. The van der Waals surface area contributed by atoms with Crippen molar-refractivity contribution >= 4 is 5.97 Å². The predicted octanol–water partition coefficient (Wildman–Crippen LogP) is 5.03. The average molecular weight is 460 g/mol. The number of methoxy groups -OCH3 is 2. The molecule has 0 bridgehead atoms. The van der Waals surface area contributed by atoms with Gasteiger partial charge in [-0.3, -0.25) is 0 Å². The lowest BCUT2D eigenvalue weighted by Gasteiger charge is -2.36. The third-order valence-corrected chi connectivity index (χ3v) is 5.26. The Morgan fingerprint density at radius 3 is 2.00 bits per heavy atom. The Morgan fingerprint density at radius 1 is 0.879 bits per heavy atom. The topological polar surface area (TPSA) is 65.0 Å². The minimum Gasteiger partial charge on any atom is -0.497 e.